The van der Waals surface area contributed by atoms with E-state index >= 15 is 0 Å². The summed E-state index contributed by atoms with van der Waals surface area (Å²) in [5.41, 5.74) is -0.688. The van der Waals surface area contributed by atoms with E-state index in [1.165, 1.54) is 0 Å². The van der Waals surface area contributed by atoms with Gasteiger partial charge in [-0.3, -0.25) is 4.72 Å². The summed E-state index contributed by atoms with van der Waals surface area (Å²) in [5, 5.41) is 12.1. The van der Waals surface area contributed by atoms with E-state index in [1.54, 1.807) is 0 Å². The number of carbonyl (C=O) groups is 1. The number of carboxylic acid groups (broad SMARTS) is 1. The summed E-state index contributed by atoms with van der Waals surface area (Å²) in [7, 11) is -4.49. The van der Waals surface area contributed by atoms with Gasteiger partial charge in [0.15, 0.2) is 11.6 Å². The van der Waals surface area contributed by atoms with Crippen molar-refractivity contribution in [3.05, 3.63) is 35.5 Å². The molecule has 11 heteroatoms. The van der Waals surface area contributed by atoms with E-state index < -0.39 is 38.1 Å². The van der Waals surface area contributed by atoms with Gasteiger partial charge in [-0.25, -0.2) is 22.0 Å². The molecule has 0 amide bonds. The molecule has 0 radical (unpaired) electrons. The first kappa shape index (κ1) is 14.3. The second-order valence-electron chi connectivity index (χ2n) is 3.46. The molecule has 0 saturated heterocycles. The van der Waals surface area contributed by atoms with E-state index in [4.69, 9.17) is 5.11 Å². The van der Waals surface area contributed by atoms with Crippen molar-refractivity contribution < 1.29 is 27.1 Å². The Balaban J connectivity index is 2.53. The fraction of sp³-hybridized carbons (Fsp3) is 0. The number of anilines is 1. The Labute approximate surface area is 115 Å². The molecular weight excluding hydrogens is 316 g/mol. The van der Waals surface area contributed by atoms with Gasteiger partial charge >= 0.3 is 5.97 Å². The number of nitrogens with one attached hydrogen (secondary N) is 1. The van der Waals surface area contributed by atoms with Crippen LogP contribution in [-0.2, 0) is 10.0 Å². The van der Waals surface area contributed by atoms with Crippen LogP contribution in [0.5, 0.6) is 0 Å². The van der Waals surface area contributed by atoms with Crippen LogP contribution in [0.2, 0.25) is 0 Å². The van der Waals surface area contributed by atoms with E-state index in [2.05, 4.69) is 9.59 Å². The summed E-state index contributed by atoms with van der Waals surface area (Å²) in [6, 6.07) is 0.919. The Bertz CT molecular complexity index is 762. The highest BCUT2D eigenvalue weighted by molar-refractivity contribution is 7.93. The van der Waals surface area contributed by atoms with Gasteiger partial charge in [0.1, 0.15) is 9.90 Å². The second kappa shape index (κ2) is 5.09. The van der Waals surface area contributed by atoms with Crippen LogP contribution in [0.1, 0.15) is 10.4 Å². The number of aromatic nitrogens is 2. The SMILES string of the molecule is O=C(O)c1cc(F)c(F)c(S(=O)(=O)Nc2cnns2)c1. The number of benzene rings is 1. The number of hydrogen-bond donors (Lipinski definition) is 2. The monoisotopic (exact) mass is 321 g/mol. The maximum absolute atomic E-state index is 13.6. The lowest BCUT2D eigenvalue weighted by molar-refractivity contribution is 0.0696. The molecule has 0 atom stereocenters. The first-order chi connectivity index (χ1) is 9.31. The molecule has 106 valence electrons. The molecule has 20 heavy (non-hydrogen) atoms. The number of carboxylic acids is 1. The van der Waals surface area contributed by atoms with Crippen molar-refractivity contribution in [2.45, 2.75) is 4.90 Å². The van der Waals surface area contributed by atoms with Gasteiger partial charge in [-0.05, 0) is 12.1 Å². The summed E-state index contributed by atoms with van der Waals surface area (Å²) in [6.45, 7) is 0. The number of nitrogens with zero attached hydrogens (tertiary/aromatic N) is 2. The van der Waals surface area contributed by atoms with Crippen molar-refractivity contribution in [2.24, 2.45) is 0 Å². The average molecular weight is 321 g/mol. The van der Waals surface area contributed by atoms with E-state index in [0.29, 0.717) is 23.7 Å². The Morgan fingerprint density at radius 1 is 1.35 bits per heavy atom. The standard InChI is InChI=1S/C9H5F2N3O4S2/c10-5-1-4(9(15)16)2-6(8(5)11)20(17,18)13-7-3-12-14-19-7/h1-3,13H,(H,15,16). The number of sulfonamides is 1. The quantitative estimate of drug-likeness (QED) is 0.879. The minimum Gasteiger partial charge on any atom is -0.478 e. The van der Waals surface area contributed by atoms with Crippen LogP contribution in [-0.4, -0.2) is 29.1 Å². The summed E-state index contributed by atoms with van der Waals surface area (Å²) >= 11 is 0.681. The van der Waals surface area contributed by atoms with Gasteiger partial charge in [0, 0.05) is 11.5 Å². The summed E-state index contributed by atoms with van der Waals surface area (Å²) in [6.07, 6.45) is 1.07. The Kier molecular flexibility index (Phi) is 3.63. The molecule has 0 aliphatic carbocycles. The molecule has 1 aromatic heterocycles. The van der Waals surface area contributed by atoms with Gasteiger partial charge in [0.2, 0.25) is 0 Å². The first-order valence-electron chi connectivity index (χ1n) is 4.84. The van der Waals surface area contributed by atoms with Crippen LogP contribution < -0.4 is 4.72 Å². The molecule has 0 saturated carbocycles. The smallest absolute Gasteiger partial charge is 0.335 e. The molecule has 0 aliphatic heterocycles. The van der Waals surface area contributed by atoms with Crippen LogP contribution in [0.4, 0.5) is 13.8 Å². The normalized spacial score (nSPS) is 11.3. The van der Waals surface area contributed by atoms with E-state index in [0.717, 1.165) is 6.20 Å². The lowest BCUT2D eigenvalue weighted by Gasteiger charge is -2.08. The van der Waals surface area contributed by atoms with Crippen molar-refractivity contribution in [3.63, 3.8) is 0 Å². The third-order valence-corrected chi connectivity index (χ3v) is 4.20. The predicted molar refractivity (Wildman–Crippen MR) is 64.0 cm³/mol. The molecule has 7 nitrogen and oxygen atoms in total. The zero-order valence-corrected chi connectivity index (χ0v) is 11.0. The molecule has 1 aromatic carbocycles. The van der Waals surface area contributed by atoms with Gasteiger partial charge in [0.25, 0.3) is 10.0 Å². The second-order valence-corrected chi connectivity index (χ2v) is 5.90. The van der Waals surface area contributed by atoms with Crippen LogP contribution in [0, 0.1) is 11.6 Å². The van der Waals surface area contributed by atoms with E-state index in [1.807, 2.05) is 4.72 Å². The third kappa shape index (κ3) is 2.72. The Hall–Kier alpha value is -2.14. The lowest BCUT2D eigenvalue weighted by Crippen LogP contribution is -2.16. The van der Waals surface area contributed by atoms with Crippen molar-refractivity contribution >= 4 is 32.5 Å². The number of hydrogen-bond acceptors (Lipinski definition) is 6. The molecule has 2 aromatic rings. The summed E-state index contributed by atoms with van der Waals surface area (Å²) in [5.74, 6) is -4.83. The maximum Gasteiger partial charge on any atom is 0.335 e. The Morgan fingerprint density at radius 2 is 2.05 bits per heavy atom. The fourth-order valence-corrected chi connectivity index (χ4v) is 3.08. The maximum atomic E-state index is 13.6. The predicted octanol–water partition coefficient (Wildman–Crippen LogP) is 1.32. The molecule has 0 aliphatic rings. The molecule has 2 N–H and O–H groups in total. The zero-order chi connectivity index (χ0) is 14.9. The minimum atomic E-state index is -4.49. The minimum absolute atomic E-state index is 0.0227. The van der Waals surface area contributed by atoms with Crippen LogP contribution in [0.15, 0.2) is 23.2 Å². The topological polar surface area (TPSA) is 109 Å². The number of halogens is 2. The average Bonchev–Trinajstić information content (AvgIpc) is 2.83. The fourth-order valence-electron chi connectivity index (χ4n) is 1.28. The number of aromatic carboxylic acids is 1. The highest BCUT2D eigenvalue weighted by atomic mass is 32.2. The first-order valence-corrected chi connectivity index (χ1v) is 7.09. The Morgan fingerprint density at radius 3 is 2.60 bits per heavy atom. The van der Waals surface area contributed by atoms with Crippen LogP contribution in [0.3, 0.4) is 0 Å². The molecule has 1 heterocycles. The van der Waals surface area contributed by atoms with Gasteiger partial charge in [-0.15, -0.1) is 5.10 Å². The van der Waals surface area contributed by atoms with E-state index in [9.17, 15) is 22.0 Å². The van der Waals surface area contributed by atoms with Crippen LogP contribution >= 0.6 is 11.5 Å². The molecule has 0 fully saturated rings. The lowest BCUT2D eigenvalue weighted by atomic mass is 10.2. The summed E-state index contributed by atoms with van der Waals surface area (Å²) < 4.78 is 55.9. The van der Waals surface area contributed by atoms with Crippen molar-refractivity contribution in [3.8, 4) is 0 Å². The summed E-state index contributed by atoms with van der Waals surface area (Å²) in [4.78, 5) is 9.63. The van der Waals surface area contributed by atoms with E-state index in [-0.39, 0.29) is 5.00 Å². The van der Waals surface area contributed by atoms with Crippen molar-refractivity contribution in [2.75, 3.05) is 4.72 Å². The van der Waals surface area contributed by atoms with Crippen LogP contribution in [0.25, 0.3) is 0 Å². The van der Waals surface area contributed by atoms with Crippen molar-refractivity contribution in [1.29, 1.82) is 0 Å². The van der Waals surface area contributed by atoms with Gasteiger partial charge < -0.3 is 5.11 Å². The molecular formula is C9H5F2N3O4S2. The highest BCUT2D eigenvalue weighted by Gasteiger charge is 2.25. The molecule has 0 bridgehead atoms. The molecule has 0 unspecified atom stereocenters. The number of rotatable bonds is 4. The van der Waals surface area contributed by atoms with Gasteiger partial charge in [0.05, 0.1) is 11.8 Å². The van der Waals surface area contributed by atoms with Gasteiger partial charge in [-0.2, -0.15) is 0 Å². The largest absolute Gasteiger partial charge is 0.478 e. The molecule has 2 rings (SSSR count). The third-order valence-electron chi connectivity index (χ3n) is 2.13. The molecule has 0 spiro atoms. The van der Waals surface area contributed by atoms with Crippen molar-refractivity contribution in [1.82, 2.24) is 9.59 Å². The highest BCUT2D eigenvalue weighted by Crippen LogP contribution is 2.23. The zero-order valence-electron chi connectivity index (χ0n) is 9.37. The van der Waals surface area contributed by atoms with Gasteiger partial charge in [-0.1, -0.05) is 4.49 Å².